The normalized spacial score (nSPS) is 11.2. The van der Waals surface area contributed by atoms with Crippen molar-refractivity contribution in [3.63, 3.8) is 0 Å². The Morgan fingerprint density at radius 2 is 1.85 bits per heavy atom. The third-order valence-corrected chi connectivity index (χ3v) is 3.34. The number of hydrogen-bond donors (Lipinski definition) is 3. The van der Waals surface area contributed by atoms with Crippen molar-refractivity contribution in [2.45, 2.75) is 33.6 Å². The number of urea groups is 1. The first-order valence-corrected chi connectivity index (χ1v) is 7.11. The highest BCUT2D eigenvalue weighted by atomic mass is 16.3. The number of carbonyl (C=O) groups excluding carboxylic acids is 1. The number of aryl methyl sites for hydroxylation is 1. The molecule has 0 saturated carbocycles. The van der Waals surface area contributed by atoms with E-state index in [0.717, 1.165) is 6.42 Å². The maximum Gasteiger partial charge on any atom is 0.314 e. The number of benzene rings is 1. The van der Waals surface area contributed by atoms with E-state index in [1.165, 1.54) is 11.1 Å². The van der Waals surface area contributed by atoms with E-state index < -0.39 is 0 Å². The lowest BCUT2D eigenvalue weighted by atomic mass is 9.90. The minimum Gasteiger partial charge on any atom is -0.396 e. The van der Waals surface area contributed by atoms with Gasteiger partial charge in [-0.25, -0.2) is 4.79 Å². The van der Waals surface area contributed by atoms with Crippen molar-refractivity contribution in [1.29, 1.82) is 0 Å². The Balaban J connectivity index is 2.22. The highest BCUT2D eigenvalue weighted by molar-refractivity contribution is 5.73. The molecular formula is C16H26N2O2. The first kappa shape index (κ1) is 16.5. The van der Waals surface area contributed by atoms with Gasteiger partial charge in [-0.05, 0) is 30.7 Å². The van der Waals surface area contributed by atoms with Crippen molar-refractivity contribution in [2.24, 2.45) is 5.41 Å². The number of amides is 2. The van der Waals surface area contributed by atoms with E-state index in [0.29, 0.717) is 19.5 Å². The molecule has 0 saturated heterocycles. The van der Waals surface area contributed by atoms with Crippen LogP contribution >= 0.6 is 0 Å². The smallest absolute Gasteiger partial charge is 0.314 e. The van der Waals surface area contributed by atoms with E-state index in [9.17, 15) is 4.79 Å². The van der Waals surface area contributed by atoms with Crippen LogP contribution in [0.1, 0.15) is 31.4 Å². The van der Waals surface area contributed by atoms with Crippen LogP contribution in [0.4, 0.5) is 4.79 Å². The van der Waals surface area contributed by atoms with Crippen LogP contribution in [0.5, 0.6) is 0 Å². The molecule has 1 aromatic carbocycles. The molecule has 0 aromatic heterocycles. The number of nitrogens with one attached hydrogen (secondary N) is 2. The Kier molecular flexibility index (Phi) is 6.52. The molecule has 1 rings (SSSR count). The molecule has 0 spiro atoms. The molecule has 4 nitrogen and oxygen atoms in total. The molecule has 20 heavy (non-hydrogen) atoms. The molecule has 112 valence electrons. The zero-order valence-electron chi connectivity index (χ0n) is 12.7. The second-order valence-corrected chi connectivity index (χ2v) is 5.98. The second-order valence-electron chi connectivity index (χ2n) is 5.98. The number of carbonyl (C=O) groups is 1. The highest BCUT2D eigenvalue weighted by Crippen LogP contribution is 2.17. The van der Waals surface area contributed by atoms with E-state index in [1.54, 1.807) is 0 Å². The molecule has 0 unspecified atom stereocenters. The molecule has 1 aromatic rings. The number of aliphatic hydroxyl groups is 1. The molecule has 0 aliphatic heterocycles. The SMILES string of the molecule is Cc1ccc(CCNC(=O)NCC(C)(C)CCO)cc1. The Labute approximate surface area is 121 Å². The van der Waals surface area contributed by atoms with Crippen molar-refractivity contribution < 1.29 is 9.90 Å². The summed E-state index contributed by atoms with van der Waals surface area (Å²) in [5.41, 5.74) is 2.38. The van der Waals surface area contributed by atoms with Gasteiger partial charge in [-0.1, -0.05) is 43.7 Å². The van der Waals surface area contributed by atoms with Crippen molar-refractivity contribution in [3.05, 3.63) is 35.4 Å². The Morgan fingerprint density at radius 1 is 1.20 bits per heavy atom. The van der Waals surface area contributed by atoms with Gasteiger partial charge in [0.2, 0.25) is 0 Å². The van der Waals surface area contributed by atoms with Crippen LogP contribution in [0, 0.1) is 12.3 Å². The predicted octanol–water partition coefficient (Wildman–Crippen LogP) is 2.25. The Hall–Kier alpha value is -1.55. The predicted molar refractivity (Wildman–Crippen MR) is 81.8 cm³/mol. The number of aliphatic hydroxyl groups excluding tert-OH is 1. The van der Waals surface area contributed by atoms with E-state index in [2.05, 4.69) is 41.8 Å². The molecule has 0 fully saturated rings. The largest absolute Gasteiger partial charge is 0.396 e. The summed E-state index contributed by atoms with van der Waals surface area (Å²) < 4.78 is 0. The van der Waals surface area contributed by atoms with E-state index >= 15 is 0 Å². The van der Waals surface area contributed by atoms with Gasteiger partial charge in [0.15, 0.2) is 0 Å². The van der Waals surface area contributed by atoms with Gasteiger partial charge >= 0.3 is 6.03 Å². The lowest BCUT2D eigenvalue weighted by Gasteiger charge is -2.23. The average Bonchev–Trinajstić information content (AvgIpc) is 2.39. The summed E-state index contributed by atoms with van der Waals surface area (Å²) in [6.07, 6.45) is 1.50. The van der Waals surface area contributed by atoms with Crippen LogP contribution in [0.3, 0.4) is 0 Å². The van der Waals surface area contributed by atoms with Crippen molar-refractivity contribution in [3.8, 4) is 0 Å². The maximum absolute atomic E-state index is 11.7. The summed E-state index contributed by atoms with van der Waals surface area (Å²) in [6, 6.07) is 8.17. The van der Waals surface area contributed by atoms with Crippen LogP contribution < -0.4 is 10.6 Å². The average molecular weight is 278 g/mol. The van der Waals surface area contributed by atoms with Gasteiger partial charge in [0.05, 0.1) is 0 Å². The Morgan fingerprint density at radius 3 is 2.45 bits per heavy atom. The third kappa shape index (κ3) is 6.57. The zero-order chi connectivity index (χ0) is 15.0. The van der Waals surface area contributed by atoms with Crippen LogP contribution in [0.25, 0.3) is 0 Å². The molecule has 0 aliphatic rings. The number of hydrogen-bond acceptors (Lipinski definition) is 2. The van der Waals surface area contributed by atoms with Crippen molar-refractivity contribution in [1.82, 2.24) is 10.6 Å². The summed E-state index contributed by atoms with van der Waals surface area (Å²) in [6.45, 7) is 7.43. The Bertz CT molecular complexity index is 413. The fourth-order valence-electron chi connectivity index (χ4n) is 1.85. The van der Waals surface area contributed by atoms with Crippen molar-refractivity contribution >= 4 is 6.03 Å². The second kappa shape index (κ2) is 7.90. The van der Waals surface area contributed by atoms with Gasteiger partial charge in [-0.15, -0.1) is 0 Å². The lowest BCUT2D eigenvalue weighted by molar-refractivity contribution is 0.201. The molecule has 0 atom stereocenters. The molecule has 0 radical (unpaired) electrons. The summed E-state index contributed by atoms with van der Waals surface area (Å²) in [4.78, 5) is 11.7. The third-order valence-electron chi connectivity index (χ3n) is 3.34. The topological polar surface area (TPSA) is 61.4 Å². The first-order chi connectivity index (χ1) is 9.43. The summed E-state index contributed by atoms with van der Waals surface area (Å²) in [5, 5.41) is 14.6. The molecule has 0 aliphatic carbocycles. The van der Waals surface area contributed by atoms with Crippen LogP contribution in [0.15, 0.2) is 24.3 Å². The molecule has 0 heterocycles. The van der Waals surface area contributed by atoms with Gasteiger partial charge in [-0.2, -0.15) is 0 Å². The van der Waals surface area contributed by atoms with E-state index in [1.807, 2.05) is 13.8 Å². The van der Waals surface area contributed by atoms with E-state index in [4.69, 9.17) is 5.11 Å². The molecule has 0 bridgehead atoms. The minimum absolute atomic E-state index is 0.0803. The first-order valence-electron chi connectivity index (χ1n) is 7.11. The zero-order valence-corrected chi connectivity index (χ0v) is 12.7. The fourth-order valence-corrected chi connectivity index (χ4v) is 1.85. The van der Waals surface area contributed by atoms with Gasteiger partial charge in [0, 0.05) is 19.7 Å². The standard InChI is InChI=1S/C16H26N2O2/c1-13-4-6-14(7-5-13)8-10-17-15(20)18-12-16(2,3)9-11-19/h4-7,19H,8-12H2,1-3H3,(H2,17,18,20). The van der Waals surface area contributed by atoms with E-state index in [-0.39, 0.29) is 18.1 Å². The summed E-state index contributed by atoms with van der Waals surface area (Å²) in [5.74, 6) is 0. The van der Waals surface area contributed by atoms with Crippen LogP contribution in [-0.4, -0.2) is 30.8 Å². The van der Waals surface area contributed by atoms with Gasteiger partial charge in [0.25, 0.3) is 0 Å². The van der Waals surface area contributed by atoms with Crippen molar-refractivity contribution in [2.75, 3.05) is 19.7 Å². The fraction of sp³-hybridized carbons (Fsp3) is 0.562. The van der Waals surface area contributed by atoms with Crippen LogP contribution in [-0.2, 0) is 6.42 Å². The maximum atomic E-state index is 11.7. The molecular weight excluding hydrogens is 252 g/mol. The van der Waals surface area contributed by atoms with Gasteiger partial charge in [-0.3, -0.25) is 0 Å². The van der Waals surface area contributed by atoms with Gasteiger partial charge in [0.1, 0.15) is 0 Å². The number of rotatable bonds is 7. The monoisotopic (exact) mass is 278 g/mol. The van der Waals surface area contributed by atoms with Gasteiger partial charge < -0.3 is 15.7 Å². The summed E-state index contributed by atoms with van der Waals surface area (Å²) >= 11 is 0. The quantitative estimate of drug-likeness (QED) is 0.716. The highest BCUT2D eigenvalue weighted by Gasteiger charge is 2.17. The molecule has 3 N–H and O–H groups in total. The molecule has 2 amide bonds. The van der Waals surface area contributed by atoms with Crippen LogP contribution in [0.2, 0.25) is 0 Å². The minimum atomic E-state index is -0.150. The molecule has 4 heteroatoms. The lowest BCUT2D eigenvalue weighted by Crippen LogP contribution is -2.41. The summed E-state index contributed by atoms with van der Waals surface area (Å²) in [7, 11) is 0.